The molecule has 0 aromatic heterocycles. The van der Waals surface area contributed by atoms with Gasteiger partial charge >= 0.3 is 0 Å². The molecular formula is C23H20N2O4S. The van der Waals surface area contributed by atoms with Crippen molar-refractivity contribution >= 4 is 35.0 Å². The van der Waals surface area contributed by atoms with Crippen LogP contribution in [0.5, 0.6) is 11.5 Å². The maximum atomic E-state index is 12.3. The zero-order valence-electron chi connectivity index (χ0n) is 16.1. The number of fused-ring (bicyclic) bond motifs is 1. The molecule has 6 nitrogen and oxygen atoms in total. The fraction of sp³-hybridized carbons (Fsp3) is 0.130. The molecule has 0 saturated heterocycles. The third-order valence-corrected chi connectivity index (χ3v) is 5.35. The van der Waals surface area contributed by atoms with Crippen molar-refractivity contribution < 1.29 is 19.1 Å². The highest BCUT2D eigenvalue weighted by Crippen LogP contribution is 2.34. The SMILES string of the molecule is O=C(CSc1cccc(NC(=O)Cc2ccccc2)c1)Nc1ccc2c(c1)OCO2. The first-order chi connectivity index (χ1) is 14.7. The summed E-state index contributed by atoms with van der Waals surface area (Å²) < 4.78 is 10.6. The van der Waals surface area contributed by atoms with Crippen molar-refractivity contribution in [2.75, 3.05) is 23.2 Å². The van der Waals surface area contributed by atoms with Crippen molar-refractivity contribution in [2.45, 2.75) is 11.3 Å². The lowest BCUT2D eigenvalue weighted by atomic mass is 10.1. The number of amides is 2. The van der Waals surface area contributed by atoms with Crippen LogP contribution in [-0.4, -0.2) is 24.4 Å². The van der Waals surface area contributed by atoms with Crippen molar-refractivity contribution in [2.24, 2.45) is 0 Å². The predicted molar refractivity (Wildman–Crippen MR) is 117 cm³/mol. The quantitative estimate of drug-likeness (QED) is 0.557. The first-order valence-electron chi connectivity index (χ1n) is 9.42. The van der Waals surface area contributed by atoms with Crippen molar-refractivity contribution in [1.82, 2.24) is 0 Å². The molecule has 2 amide bonds. The Morgan fingerprint density at radius 2 is 1.57 bits per heavy atom. The van der Waals surface area contributed by atoms with E-state index in [0.29, 0.717) is 29.3 Å². The van der Waals surface area contributed by atoms with Gasteiger partial charge in [0.15, 0.2) is 11.5 Å². The van der Waals surface area contributed by atoms with Gasteiger partial charge in [-0.3, -0.25) is 9.59 Å². The monoisotopic (exact) mass is 420 g/mol. The van der Waals surface area contributed by atoms with E-state index in [9.17, 15) is 9.59 Å². The van der Waals surface area contributed by atoms with Gasteiger partial charge < -0.3 is 20.1 Å². The third kappa shape index (κ3) is 5.33. The van der Waals surface area contributed by atoms with Gasteiger partial charge in [0.1, 0.15) is 0 Å². The molecule has 0 bridgehead atoms. The van der Waals surface area contributed by atoms with Crippen molar-refractivity contribution in [3.05, 3.63) is 78.4 Å². The number of rotatable bonds is 7. The second-order valence-electron chi connectivity index (χ2n) is 6.64. The highest BCUT2D eigenvalue weighted by molar-refractivity contribution is 8.00. The minimum Gasteiger partial charge on any atom is -0.454 e. The van der Waals surface area contributed by atoms with E-state index < -0.39 is 0 Å². The zero-order chi connectivity index (χ0) is 20.8. The number of carbonyl (C=O) groups is 2. The molecule has 7 heteroatoms. The Morgan fingerprint density at radius 1 is 0.800 bits per heavy atom. The molecule has 2 N–H and O–H groups in total. The molecule has 0 spiro atoms. The summed E-state index contributed by atoms with van der Waals surface area (Å²) in [5.74, 6) is 1.34. The van der Waals surface area contributed by atoms with E-state index in [1.165, 1.54) is 11.8 Å². The van der Waals surface area contributed by atoms with Gasteiger partial charge in [-0.15, -0.1) is 11.8 Å². The lowest BCUT2D eigenvalue weighted by molar-refractivity contribution is -0.115. The number of nitrogens with one attached hydrogen (secondary N) is 2. The molecule has 3 aromatic carbocycles. The van der Waals surface area contributed by atoms with Gasteiger partial charge in [-0.05, 0) is 35.9 Å². The molecule has 30 heavy (non-hydrogen) atoms. The van der Waals surface area contributed by atoms with Crippen LogP contribution in [0.15, 0.2) is 77.7 Å². The van der Waals surface area contributed by atoms with E-state index in [4.69, 9.17) is 9.47 Å². The number of ether oxygens (including phenoxy) is 2. The Kier molecular flexibility index (Phi) is 6.20. The lowest BCUT2D eigenvalue weighted by Gasteiger charge is -2.08. The average molecular weight is 420 g/mol. The van der Waals surface area contributed by atoms with Crippen LogP contribution in [0.1, 0.15) is 5.56 Å². The lowest BCUT2D eigenvalue weighted by Crippen LogP contribution is -2.15. The summed E-state index contributed by atoms with van der Waals surface area (Å²) in [7, 11) is 0. The molecule has 0 radical (unpaired) electrons. The molecule has 4 rings (SSSR count). The Balaban J connectivity index is 1.28. The summed E-state index contributed by atoms with van der Waals surface area (Å²) in [6.07, 6.45) is 0.316. The minimum atomic E-state index is -0.127. The van der Waals surface area contributed by atoms with E-state index in [0.717, 1.165) is 10.5 Å². The molecule has 1 heterocycles. The predicted octanol–water partition coefficient (Wildman–Crippen LogP) is 4.33. The highest BCUT2D eigenvalue weighted by Gasteiger charge is 2.14. The summed E-state index contributed by atoms with van der Waals surface area (Å²) >= 11 is 1.40. The zero-order valence-corrected chi connectivity index (χ0v) is 16.9. The van der Waals surface area contributed by atoms with Crippen LogP contribution < -0.4 is 20.1 Å². The van der Waals surface area contributed by atoms with Crippen molar-refractivity contribution in [1.29, 1.82) is 0 Å². The van der Waals surface area contributed by atoms with Gasteiger partial charge in [-0.2, -0.15) is 0 Å². The van der Waals surface area contributed by atoms with Gasteiger partial charge in [-0.1, -0.05) is 36.4 Å². The standard InChI is InChI=1S/C23H20N2O4S/c26-22(11-16-5-2-1-3-6-16)24-17-7-4-8-19(12-17)30-14-23(27)25-18-9-10-20-21(13-18)29-15-28-20/h1-10,12-13H,11,14-15H2,(H,24,26)(H,25,27). The topological polar surface area (TPSA) is 76.7 Å². The Hall–Kier alpha value is -3.45. The first kappa shape index (κ1) is 19.8. The third-order valence-electron chi connectivity index (χ3n) is 4.35. The molecule has 0 fully saturated rings. The van der Waals surface area contributed by atoms with E-state index >= 15 is 0 Å². The maximum Gasteiger partial charge on any atom is 0.234 e. The Bertz CT molecular complexity index is 1060. The van der Waals surface area contributed by atoms with Crippen LogP contribution in [-0.2, 0) is 16.0 Å². The van der Waals surface area contributed by atoms with Gasteiger partial charge in [0.05, 0.1) is 12.2 Å². The van der Waals surface area contributed by atoms with Gasteiger partial charge in [0.2, 0.25) is 18.6 Å². The molecule has 3 aromatic rings. The van der Waals surface area contributed by atoms with E-state index in [1.807, 2.05) is 54.6 Å². The van der Waals surface area contributed by atoms with Crippen molar-refractivity contribution in [3.63, 3.8) is 0 Å². The normalized spacial score (nSPS) is 11.7. The molecule has 152 valence electrons. The summed E-state index contributed by atoms with van der Waals surface area (Å²) in [6.45, 7) is 0.195. The van der Waals surface area contributed by atoms with Gasteiger partial charge in [-0.25, -0.2) is 0 Å². The smallest absolute Gasteiger partial charge is 0.234 e. The Labute approximate surface area is 178 Å². The number of hydrogen-bond donors (Lipinski definition) is 2. The summed E-state index contributed by atoms with van der Waals surface area (Å²) in [6, 6.07) is 22.3. The second-order valence-corrected chi connectivity index (χ2v) is 7.69. The van der Waals surface area contributed by atoms with E-state index in [-0.39, 0.29) is 24.4 Å². The number of thioether (sulfide) groups is 1. The molecule has 1 aliphatic rings. The van der Waals surface area contributed by atoms with Gasteiger partial charge in [0, 0.05) is 22.3 Å². The molecule has 1 aliphatic heterocycles. The largest absolute Gasteiger partial charge is 0.454 e. The number of hydrogen-bond acceptors (Lipinski definition) is 5. The van der Waals surface area contributed by atoms with Crippen LogP contribution in [0, 0.1) is 0 Å². The summed E-state index contributed by atoms with van der Waals surface area (Å²) in [5.41, 5.74) is 2.32. The minimum absolute atomic E-state index is 0.0797. The van der Waals surface area contributed by atoms with Crippen LogP contribution in [0.4, 0.5) is 11.4 Å². The number of benzene rings is 3. The number of anilines is 2. The van der Waals surface area contributed by atoms with Crippen LogP contribution in [0.3, 0.4) is 0 Å². The average Bonchev–Trinajstić information content (AvgIpc) is 3.21. The fourth-order valence-corrected chi connectivity index (χ4v) is 3.73. The van der Waals surface area contributed by atoms with Crippen LogP contribution in [0.2, 0.25) is 0 Å². The Morgan fingerprint density at radius 3 is 2.43 bits per heavy atom. The van der Waals surface area contributed by atoms with E-state index in [1.54, 1.807) is 18.2 Å². The maximum absolute atomic E-state index is 12.3. The summed E-state index contributed by atoms with van der Waals surface area (Å²) in [4.78, 5) is 25.4. The molecule has 0 saturated carbocycles. The van der Waals surface area contributed by atoms with Crippen LogP contribution >= 0.6 is 11.8 Å². The van der Waals surface area contributed by atoms with Gasteiger partial charge in [0.25, 0.3) is 0 Å². The highest BCUT2D eigenvalue weighted by atomic mass is 32.2. The summed E-state index contributed by atoms with van der Waals surface area (Å²) in [5, 5.41) is 5.75. The fourth-order valence-electron chi connectivity index (χ4n) is 2.97. The van der Waals surface area contributed by atoms with E-state index in [2.05, 4.69) is 10.6 Å². The number of carbonyl (C=O) groups excluding carboxylic acids is 2. The van der Waals surface area contributed by atoms with Crippen LogP contribution in [0.25, 0.3) is 0 Å². The molecule has 0 atom stereocenters. The first-order valence-corrected chi connectivity index (χ1v) is 10.4. The molecule has 0 unspecified atom stereocenters. The second kappa shape index (κ2) is 9.37. The molecular weight excluding hydrogens is 400 g/mol. The molecule has 0 aliphatic carbocycles. The van der Waals surface area contributed by atoms with Crippen molar-refractivity contribution in [3.8, 4) is 11.5 Å².